The number of ketones is 1. The molecule has 2 aromatic heterocycles. The van der Waals surface area contributed by atoms with Crippen molar-refractivity contribution < 1.29 is 4.79 Å². The van der Waals surface area contributed by atoms with Gasteiger partial charge in [-0.2, -0.15) is 5.26 Å². The van der Waals surface area contributed by atoms with Crippen LogP contribution in [0.25, 0.3) is 10.9 Å². The first-order chi connectivity index (χ1) is 9.28. The monoisotopic (exact) mass is 251 g/mol. The largest absolute Gasteiger partial charge is 0.360 e. The molecule has 0 bridgehead atoms. The van der Waals surface area contributed by atoms with Crippen LogP contribution in [-0.4, -0.2) is 25.5 Å². The van der Waals surface area contributed by atoms with Crippen molar-refractivity contribution >= 4 is 16.7 Å². The zero-order chi connectivity index (χ0) is 13.2. The molecule has 0 aliphatic carbocycles. The standard InChI is InChI=1S/C13H9N5O/c14-5-13-16-8-18(17-13)7-12(19)10-6-15-11-4-2-1-3-9(10)11/h1-4,6,8,15H,7H2. The van der Waals surface area contributed by atoms with Crippen molar-refractivity contribution in [3.63, 3.8) is 0 Å². The summed E-state index contributed by atoms with van der Waals surface area (Å²) in [5.41, 5.74) is 1.53. The van der Waals surface area contributed by atoms with Crippen LogP contribution in [0.5, 0.6) is 0 Å². The number of aromatic nitrogens is 4. The van der Waals surface area contributed by atoms with Gasteiger partial charge < -0.3 is 4.98 Å². The molecule has 0 radical (unpaired) electrons. The Kier molecular flexibility index (Phi) is 2.58. The Hall–Kier alpha value is -2.94. The Labute approximate surface area is 108 Å². The molecule has 0 fully saturated rings. The molecule has 6 heteroatoms. The second-order valence-corrected chi connectivity index (χ2v) is 4.05. The number of nitrogens with zero attached hydrogens (tertiary/aromatic N) is 4. The van der Waals surface area contributed by atoms with Crippen molar-refractivity contribution in [1.82, 2.24) is 19.7 Å². The van der Waals surface area contributed by atoms with E-state index in [9.17, 15) is 4.79 Å². The number of benzene rings is 1. The van der Waals surface area contributed by atoms with Gasteiger partial charge in [-0.05, 0) is 6.07 Å². The highest BCUT2D eigenvalue weighted by Crippen LogP contribution is 2.18. The van der Waals surface area contributed by atoms with Crippen LogP contribution >= 0.6 is 0 Å². The lowest BCUT2D eigenvalue weighted by atomic mass is 10.1. The molecule has 0 unspecified atom stereocenters. The van der Waals surface area contributed by atoms with Gasteiger partial charge in [0, 0.05) is 22.7 Å². The van der Waals surface area contributed by atoms with Crippen LogP contribution in [0, 0.1) is 11.3 Å². The predicted octanol–water partition coefficient (Wildman–Crippen LogP) is 1.51. The summed E-state index contributed by atoms with van der Waals surface area (Å²) in [6.07, 6.45) is 3.07. The summed E-state index contributed by atoms with van der Waals surface area (Å²) in [4.78, 5) is 19.0. The minimum atomic E-state index is -0.0770. The number of Topliss-reactive ketones (excluding diaryl/α,β-unsaturated/α-hetero) is 1. The van der Waals surface area contributed by atoms with Gasteiger partial charge in [-0.25, -0.2) is 9.67 Å². The highest BCUT2D eigenvalue weighted by atomic mass is 16.1. The van der Waals surface area contributed by atoms with Gasteiger partial charge in [0.15, 0.2) is 5.78 Å². The predicted molar refractivity (Wildman–Crippen MR) is 67.4 cm³/mol. The van der Waals surface area contributed by atoms with E-state index in [0.29, 0.717) is 5.56 Å². The topological polar surface area (TPSA) is 87.4 Å². The Morgan fingerprint density at radius 3 is 3.05 bits per heavy atom. The van der Waals surface area contributed by atoms with Crippen LogP contribution < -0.4 is 0 Å². The first-order valence-corrected chi connectivity index (χ1v) is 5.67. The Balaban J connectivity index is 1.90. The lowest BCUT2D eigenvalue weighted by Gasteiger charge is -1.99. The molecule has 0 saturated heterocycles. The fourth-order valence-electron chi connectivity index (χ4n) is 1.96. The van der Waals surface area contributed by atoms with Crippen molar-refractivity contribution in [2.24, 2.45) is 0 Å². The van der Waals surface area contributed by atoms with Gasteiger partial charge in [-0.3, -0.25) is 4.79 Å². The maximum absolute atomic E-state index is 12.2. The maximum atomic E-state index is 12.2. The fourth-order valence-corrected chi connectivity index (χ4v) is 1.96. The number of carbonyl (C=O) groups is 1. The van der Waals surface area contributed by atoms with E-state index in [0.717, 1.165) is 10.9 Å². The lowest BCUT2D eigenvalue weighted by Crippen LogP contribution is -2.10. The second-order valence-electron chi connectivity index (χ2n) is 4.05. The van der Waals surface area contributed by atoms with E-state index in [4.69, 9.17) is 5.26 Å². The fraction of sp³-hybridized carbons (Fsp3) is 0.0769. The van der Waals surface area contributed by atoms with Gasteiger partial charge in [0.1, 0.15) is 18.9 Å². The smallest absolute Gasteiger partial charge is 0.252 e. The van der Waals surface area contributed by atoms with Crippen molar-refractivity contribution in [3.8, 4) is 6.07 Å². The Morgan fingerprint density at radius 2 is 2.26 bits per heavy atom. The zero-order valence-corrected chi connectivity index (χ0v) is 9.87. The molecule has 3 aromatic rings. The van der Waals surface area contributed by atoms with Gasteiger partial charge in [0.05, 0.1) is 0 Å². The van der Waals surface area contributed by atoms with Crippen molar-refractivity contribution in [2.45, 2.75) is 6.54 Å². The number of hydrogen-bond acceptors (Lipinski definition) is 4. The number of hydrogen-bond donors (Lipinski definition) is 1. The quantitative estimate of drug-likeness (QED) is 0.715. The molecular weight excluding hydrogens is 242 g/mol. The summed E-state index contributed by atoms with van der Waals surface area (Å²) in [5, 5.41) is 13.4. The Morgan fingerprint density at radius 1 is 1.42 bits per heavy atom. The summed E-state index contributed by atoms with van der Waals surface area (Å²) in [7, 11) is 0. The first kappa shape index (κ1) is 11.2. The number of nitrogens with one attached hydrogen (secondary N) is 1. The molecule has 6 nitrogen and oxygen atoms in total. The van der Waals surface area contributed by atoms with E-state index in [1.54, 1.807) is 6.20 Å². The summed E-state index contributed by atoms with van der Waals surface area (Å²) < 4.78 is 1.36. The third-order valence-corrected chi connectivity index (χ3v) is 2.83. The third kappa shape index (κ3) is 1.98. The molecule has 2 heterocycles. The van der Waals surface area contributed by atoms with Crippen LogP contribution in [0.1, 0.15) is 16.2 Å². The van der Waals surface area contributed by atoms with E-state index in [2.05, 4.69) is 15.1 Å². The molecule has 1 N–H and O–H groups in total. The molecule has 0 atom stereocenters. The Bertz CT molecular complexity index is 793. The SMILES string of the molecule is N#Cc1ncn(CC(=O)c2c[nH]c3ccccc23)n1. The van der Waals surface area contributed by atoms with Gasteiger partial charge in [0.2, 0.25) is 0 Å². The highest BCUT2D eigenvalue weighted by Gasteiger charge is 2.13. The average molecular weight is 251 g/mol. The summed E-state index contributed by atoms with van der Waals surface area (Å²) in [6, 6.07) is 9.42. The summed E-state index contributed by atoms with van der Waals surface area (Å²) in [6.45, 7) is 0.0660. The maximum Gasteiger partial charge on any atom is 0.252 e. The van der Waals surface area contributed by atoms with Crippen LogP contribution in [0.15, 0.2) is 36.8 Å². The van der Waals surface area contributed by atoms with Crippen LogP contribution in [-0.2, 0) is 6.54 Å². The number of para-hydroxylation sites is 1. The molecule has 0 saturated carbocycles. The molecule has 0 aliphatic rings. The lowest BCUT2D eigenvalue weighted by molar-refractivity contribution is 0.0969. The number of aromatic amines is 1. The molecule has 1 aromatic carbocycles. The minimum absolute atomic E-state index is 0.0618. The number of fused-ring (bicyclic) bond motifs is 1. The van der Waals surface area contributed by atoms with Crippen LogP contribution in [0.4, 0.5) is 0 Å². The van der Waals surface area contributed by atoms with E-state index >= 15 is 0 Å². The van der Waals surface area contributed by atoms with E-state index in [1.165, 1.54) is 11.0 Å². The average Bonchev–Trinajstić information content (AvgIpc) is 3.04. The number of carbonyl (C=O) groups excluding carboxylic acids is 1. The first-order valence-electron chi connectivity index (χ1n) is 5.67. The van der Waals surface area contributed by atoms with E-state index in [-0.39, 0.29) is 18.2 Å². The minimum Gasteiger partial charge on any atom is -0.360 e. The molecule has 3 rings (SSSR count). The molecule has 0 spiro atoms. The van der Waals surface area contributed by atoms with E-state index < -0.39 is 0 Å². The van der Waals surface area contributed by atoms with Gasteiger partial charge in [-0.1, -0.05) is 18.2 Å². The van der Waals surface area contributed by atoms with Crippen molar-refractivity contribution in [2.75, 3.05) is 0 Å². The normalized spacial score (nSPS) is 10.5. The van der Waals surface area contributed by atoms with Crippen LogP contribution in [0.2, 0.25) is 0 Å². The summed E-state index contributed by atoms with van der Waals surface area (Å²) >= 11 is 0. The second kappa shape index (κ2) is 4.38. The highest BCUT2D eigenvalue weighted by molar-refractivity contribution is 6.07. The molecule has 92 valence electrons. The van der Waals surface area contributed by atoms with Gasteiger partial charge in [-0.15, -0.1) is 5.10 Å². The summed E-state index contributed by atoms with van der Waals surface area (Å²) in [5.74, 6) is -0.0152. The van der Waals surface area contributed by atoms with Crippen molar-refractivity contribution in [3.05, 3.63) is 48.2 Å². The molecule has 19 heavy (non-hydrogen) atoms. The van der Waals surface area contributed by atoms with Crippen molar-refractivity contribution in [1.29, 1.82) is 5.26 Å². The molecular formula is C13H9N5O. The van der Waals surface area contributed by atoms with Gasteiger partial charge >= 0.3 is 0 Å². The van der Waals surface area contributed by atoms with Crippen LogP contribution in [0.3, 0.4) is 0 Å². The number of H-pyrrole nitrogens is 1. The molecule has 0 amide bonds. The number of rotatable bonds is 3. The zero-order valence-electron chi connectivity index (χ0n) is 9.87. The number of nitriles is 1. The van der Waals surface area contributed by atoms with Gasteiger partial charge in [0.25, 0.3) is 5.82 Å². The van der Waals surface area contributed by atoms with E-state index in [1.807, 2.05) is 30.3 Å². The third-order valence-electron chi connectivity index (χ3n) is 2.83. The molecule has 0 aliphatic heterocycles.